The van der Waals surface area contributed by atoms with E-state index in [0.29, 0.717) is 31.5 Å². The van der Waals surface area contributed by atoms with Crippen LogP contribution in [0.3, 0.4) is 0 Å². The Kier molecular flexibility index (Phi) is 4.59. The minimum absolute atomic E-state index is 0.0455. The zero-order valence-electron chi connectivity index (χ0n) is 14.7. The molecule has 7 heteroatoms. The maximum Gasteiger partial charge on any atom is 0.282 e. The maximum absolute atomic E-state index is 13.1. The van der Waals surface area contributed by atoms with Crippen LogP contribution in [0.2, 0.25) is 0 Å². The van der Waals surface area contributed by atoms with Gasteiger partial charge in [-0.2, -0.15) is 5.06 Å². The second-order valence-electron chi connectivity index (χ2n) is 6.77. The van der Waals surface area contributed by atoms with Crippen LogP contribution in [-0.4, -0.2) is 56.9 Å². The lowest BCUT2D eigenvalue weighted by Crippen LogP contribution is -2.54. The Hall–Kier alpha value is -1.93. The summed E-state index contributed by atoms with van der Waals surface area (Å²) in [6.07, 6.45) is 0.628. The van der Waals surface area contributed by atoms with E-state index in [0.717, 1.165) is 26.8 Å². The van der Waals surface area contributed by atoms with Gasteiger partial charge in [0.25, 0.3) is 5.91 Å². The lowest BCUT2D eigenvalue weighted by molar-refractivity contribution is -0.253. The lowest BCUT2D eigenvalue weighted by Gasteiger charge is -2.41. The molecule has 0 saturated carbocycles. The molecule has 25 heavy (non-hydrogen) atoms. The molecule has 2 aliphatic heterocycles. The van der Waals surface area contributed by atoms with Crippen molar-refractivity contribution in [1.82, 2.24) is 10.1 Å². The number of amides is 1. The standard InChI is InChI=1S/C18H24N2O5/c1-11-4-5-12(2)14(13(11)3)15-16(22)18(6-8-19(24)9-7-18)20(17(15)23)25-10-21/h4-5,21-22,24H,6-10H2,1-3H3. The fourth-order valence-corrected chi connectivity index (χ4v) is 3.83. The molecule has 3 rings (SSSR count). The predicted octanol–water partition coefficient (Wildman–Crippen LogP) is 1.83. The highest BCUT2D eigenvalue weighted by molar-refractivity contribution is 6.23. The first-order valence-electron chi connectivity index (χ1n) is 8.36. The molecule has 1 spiro atoms. The smallest absolute Gasteiger partial charge is 0.282 e. The normalized spacial score (nSPS) is 20.8. The van der Waals surface area contributed by atoms with Crippen LogP contribution in [0.1, 0.15) is 35.1 Å². The van der Waals surface area contributed by atoms with Crippen LogP contribution in [-0.2, 0) is 9.63 Å². The third kappa shape index (κ3) is 2.64. The molecule has 1 aromatic carbocycles. The van der Waals surface area contributed by atoms with E-state index in [1.54, 1.807) is 0 Å². The predicted molar refractivity (Wildman–Crippen MR) is 90.5 cm³/mol. The van der Waals surface area contributed by atoms with E-state index in [1.165, 1.54) is 0 Å². The summed E-state index contributed by atoms with van der Waals surface area (Å²) in [6.45, 7) is 5.70. The summed E-state index contributed by atoms with van der Waals surface area (Å²) in [4.78, 5) is 18.3. The zero-order chi connectivity index (χ0) is 18.4. The molecule has 0 atom stereocenters. The number of nitrogens with zero attached hydrogens (tertiary/aromatic N) is 2. The molecule has 0 unspecified atom stereocenters. The molecule has 0 bridgehead atoms. The Morgan fingerprint density at radius 1 is 1.16 bits per heavy atom. The van der Waals surface area contributed by atoms with E-state index in [2.05, 4.69) is 0 Å². The number of carbonyl (C=O) groups is 1. The molecule has 1 amide bonds. The molecule has 0 aromatic heterocycles. The quantitative estimate of drug-likeness (QED) is 0.722. The molecule has 2 aliphatic rings. The van der Waals surface area contributed by atoms with E-state index in [1.807, 2.05) is 32.9 Å². The number of rotatable bonds is 3. The minimum atomic E-state index is -1.06. The fourth-order valence-electron chi connectivity index (χ4n) is 3.83. The summed E-state index contributed by atoms with van der Waals surface area (Å²) >= 11 is 0. The molecule has 0 radical (unpaired) electrons. The van der Waals surface area contributed by atoms with E-state index in [9.17, 15) is 20.2 Å². The Balaban J connectivity index is 2.18. The number of aliphatic hydroxyl groups excluding tert-OH is 2. The van der Waals surface area contributed by atoms with Crippen LogP contribution >= 0.6 is 0 Å². The highest BCUT2D eigenvalue weighted by atomic mass is 16.7. The van der Waals surface area contributed by atoms with Crippen LogP contribution < -0.4 is 0 Å². The molecule has 0 aliphatic carbocycles. The first-order valence-corrected chi connectivity index (χ1v) is 8.36. The number of aryl methyl sites for hydroxylation is 2. The summed E-state index contributed by atoms with van der Waals surface area (Å²) in [5.41, 5.74) is 2.70. The number of benzene rings is 1. The SMILES string of the molecule is Cc1ccc(C)c(C2=C(O)C3(CCN(O)CC3)N(OCO)C2=O)c1C. The average Bonchev–Trinajstić information content (AvgIpc) is 2.77. The van der Waals surface area contributed by atoms with Crippen molar-refractivity contribution in [2.45, 2.75) is 39.2 Å². The zero-order valence-corrected chi connectivity index (χ0v) is 14.7. The first kappa shape index (κ1) is 17.9. The summed E-state index contributed by atoms with van der Waals surface area (Å²) < 4.78 is 0. The highest BCUT2D eigenvalue weighted by Crippen LogP contribution is 2.46. The molecule has 2 heterocycles. The van der Waals surface area contributed by atoms with Crippen molar-refractivity contribution in [3.05, 3.63) is 40.1 Å². The molecule has 3 N–H and O–H groups in total. The van der Waals surface area contributed by atoms with Crippen LogP contribution in [0.4, 0.5) is 0 Å². The second kappa shape index (κ2) is 6.42. The van der Waals surface area contributed by atoms with E-state index in [-0.39, 0.29) is 11.3 Å². The maximum atomic E-state index is 13.1. The molecule has 7 nitrogen and oxygen atoms in total. The van der Waals surface area contributed by atoms with Gasteiger partial charge in [0.1, 0.15) is 11.3 Å². The van der Waals surface area contributed by atoms with Crippen molar-refractivity contribution < 1.29 is 25.1 Å². The Bertz CT molecular complexity index is 735. The monoisotopic (exact) mass is 348 g/mol. The van der Waals surface area contributed by atoms with Crippen molar-refractivity contribution in [3.63, 3.8) is 0 Å². The topological polar surface area (TPSA) is 93.5 Å². The summed E-state index contributed by atoms with van der Waals surface area (Å²) in [7, 11) is 0. The van der Waals surface area contributed by atoms with Gasteiger partial charge < -0.3 is 15.4 Å². The van der Waals surface area contributed by atoms with Gasteiger partial charge in [-0.15, -0.1) is 0 Å². The van der Waals surface area contributed by atoms with Crippen LogP contribution in [0.15, 0.2) is 17.9 Å². The third-order valence-corrected chi connectivity index (χ3v) is 5.41. The number of hydroxylamine groups is 4. The third-order valence-electron chi connectivity index (χ3n) is 5.41. The molecule has 1 saturated heterocycles. The number of carbonyl (C=O) groups excluding carboxylic acids is 1. The molecular weight excluding hydrogens is 324 g/mol. The number of hydrogen-bond acceptors (Lipinski definition) is 6. The fraction of sp³-hybridized carbons (Fsp3) is 0.500. The van der Waals surface area contributed by atoms with Crippen LogP contribution in [0.25, 0.3) is 5.57 Å². The van der Waals surface area contributed by atoms with Crippen molar-refractivity contribution in [2.75, 3.05) is 19.9 Å². The van der Waals surface area contributed by atoms with Gasteiger partial charge in [-0.25, -0.2) is 9.90 Å². The van der Waals surface area contributed by atoms with Crippen LogP contribution in [0.5, 0.6) is 0 Å². The summed E-state index contributed by atoms with van der Waals surface area (Å²) in [5.74, 6) is -0.509. The van der Waals surface area contributed by atoms with E-state index in [4.69, 9.17) is 4.84 Å². The van der Waals surface area contributed by atoms with Gasteiger partial charge in [0.05, 0.1) is 5.57 Å². The van der Waals surface area contributed by atoms with Crippen LogP contribution in [0, 0.1) is 20.8 Å². The van der Waals surface area contributed by atoms with Gasteiger partial charge in [0.2, 0.25) is 0 Å². The lowest BCUT2D eigenvalue weighted by atomic mass is 9.84. The van der Waals surface area contributed by atoms with Gasteiger partial charge in [-0.3, -0.25) is 4.79 Å². The van der Waals surface area contributed by atoms with Gasteiger partial charge in [0.15, 0.2) is 6.79 Å². The Labute approximate surface area is 146 Å². The largest absolute Gasteiger partial charge is 0.509 e. The number of hydrogen-bond donors (Lipinski definition) is 3. The average molecular weight is 348 g/mol. The van der Waals surface area contributed by atoms with Gasteiger partial charge >= 0.3 is 0 Å². The molecule has 136 valence electrons. The Morgan fingerprint density at radius 3 is 2.36 bits per heavy atom. The van der Waals surface area contributed by atoms with Gasteiger partial charge in [0, 0.05) is 13.1 Å². The number of aliphatic hydroxyl groups is 2. The van der Waals surface area contributed by atoms with Crippen molar-refractivity contribution in [2.24, 2.45) is 0 Å². The Morgan fingerprint density at radius 2 is 1.76 bits per heavy atom. The second-order valence-corrected chi connectivity index (χ2v) is 6.77. The van der Waals surface area contributed by atoms with Crippen molar-refractivity contribution >= 4 is 11.5 Å². The first-order chi connectivity index (χ1) is 11.8. The molecule has 1 aromatic rings. The minimum Gasteiger partial charge on any atom is -0.509 e. The van der Waals surface area contributed by atoms with Gasteiger partial charge in [-0.05, 0) is 55.9 Å². The highest BCUT2D eigenvalue weighted by Gasteiger charge is 2.55. The van der Waals surface area contributed by atoms with Crippen molar-refractivity contribution in [3.8, 4) is 0 Å². The van der Waals surface area contributed by atoms with Gasteiger partial charge in [-0.1, -0.05) is 12.1 Å². The summed E-state index contributed by atoms with van der Waals surface area (Å²) in [5, 5.41) is 32.2. The number of piperidine rings is 1. The van der Waals surface area contributed by atoms with E-state index < -0.39 is 18.2 Å². The van der Waals surface area contributed by atoms with E-state index >= 15 is 0 Å². The molecule has 1 fully saturated rings. The summed E-state index contributed by atoms with van der Waals surface area (Å²) in [6, 6.07) is 3.90. The molecular formula is C18H24N2O5. The van der Waals surface area contributed by atoms with Crippen molar-refractivity contribution in [1.29, 1.82) is 0 Å².